The molecule has 9 heteroatoms. The zero-order chi connectivity index (χ0) is 18.4. The lowest BCUT2D eigenvalue weighted by atomic mass is 10.0. The van der Waals surface area contributed by atoms with Gasteiger partial charge in [-0.15, -0.1) is 0 Å². The average molecular weight is 356 g/mol. The number of carboxylic acid groups (broad SMARTS) is 1. The van der Waals surface area contributed by atoms with Crippen molar-refractivity contribution in [2.45, 2.75) is 13.0 Å². The molecule has 0 saturated carbocycles. The van der Waals surface area contributed by atoms with E-state index in [9.17, 15) is 14.4 Å². The van der Waals surface area contributed by atoms with Crippen LogP contribution in [0.2, 0.25) is 0 Å². The zero-order valence-electron chi connectivity index (χ0n) is 14.0. The number of aromatic nitrogens is 2. The fourth-order valence-electron chi connectivity index (χ4n) is 3.26. The number of aromatic carboxylic acids is 1. The SMILES string of the molecule is CN1C(=O)COc2ccc(C(=O)N3CCc4c(C(=O)O)n[nH]c4C3)cc21. The summed E-state index contributed by atoms with van der Waals surface area (Å²) >= 11 is 0. The number of ether oxygens (including phenoxy) is 1. The van der Waals surface area contributed by atoms with E-state index in [-0.39, 0.29) is 30.7 Å². The van der Waals surface area contributed by atoms with E-state index in [1.807, 2.05) is 0 Å². The summed E-state index contributed by atoms with van der Waals surface area (Å²) in [4.78, 5) is 38.9. The summed E-state index contributed by atoms with van der Waals surface area (Å²) in [5, 5.41) is 15.7. The Bertz CT molecular complexity index is 935. The van der Waals surface area contributed by atoms with E-state index in [1.165, 1.54) is 4.90 Å². The second kappa shape index (κ2) is 5.87. The van der Waals surface area contributed by atoms with E-state index < -0.39 is 5.97 Å². The van der Waals surface area contributed by atoms with Gasteiger partial charge in [0, 0.05) is 24.7 Å². The maximum atomic E-state index is 12.9. The number of H-pyrrole nitrogens is 1. The molecule has 0 unspecified atom stereocenters. The molecular weight excluding hydrogens is 340 g/mol. The van der Waals surface area contributed by atoms with Gasteiger partial charge in [-0.2, -0.15) is 5.10 Å². The van der Waals surface area contributed by atoms with Gasteiger partial charge in [-0.25, -0.2) is 4.79 Å². The number of rotatable bonds is 2. The number of amides is 2. The standard InChI is InChI=1S/C17H16N4O5/c1-20-12-6-9(2-3-13(12)26-8-14(20)22)16(23)21-5-4-10-11(7-21)18-19-15(10)17(24)25/h2-3,6H,4-5,7-8H2,1H3,(H,18,19)(H,24,25). The van der Waals surface area contributed by atoms with Gasteiger partial charge >= 0.3 is 5.97 Å². The summed E-state index contributed by atoms with van der Waals surface area (Å²) in [6.07, 6.45) is 0.422. The number of likely N-dealkylation sites (N-methyl/N-ethyl adjacent to an activating group) is 1. The number of anilines is 1. The Balaban J connectivity index is 1.59. The van der Waals surface area contributed by atoms with Crippen molar-refractivity contribution in [2.75, 3.05) is 25.1 Å². The number of nitrogens with zero attached hydrogens (tertiary/aromatic N) is 3. The first-order chi connectivity index (χ1) is 12.5. The summed E-state index contributed by atoms with van der Waals surface area (Å²) in [6, 6.07) is 4.98. The third-order valence-electron chi connectivity index (χ3n) is 4.72. The molecule has 26 heavy (non-hydrogen) atoms. The van der Waals surface area contributed by atoms with Gasteiger partial charge in [-0.05, 0) is 24.6 Å². The number of hydrogen-bond acceptors (Lipinski definition) is 5. The highest BCUT2D eigenvalue weighted by Crippen LogP contribution is 2.32. The molecule has 3 heterocycles. The Kier molecular flexibility index (Phi) is 3.64. The molecule has 0 aliphatic carbocycles. The smallest absolute Gasteiger partial charge is 0.356 e. The Labute approximate surface area is 148 Å². The number of carboxylic acids is 1. The third kappa shape index (κ3) is 2.48. The van der Waals surface area contributed by atoms with Crippen LogP contribution in [0.15, 0.2) is 18.2 Å². The number of fused-ring (bicyclic) bond motifs is 2. The minimum Gasteiger partial charge on any atom is -0.482 e. The van der Waals surface area contributed by atoms with Crippen LogP contribution in [0.3, 0.4) is 0 Å². The molecule has 134 valence electrons. The number of benzene rings is 1. The molecule has 4 rings (SSSR count). The molecule has 9 nitrogen and oxygen atoms in total. The van der Waals surface area contributed by atoms with Gasteiger partial charge in [0.25, 0.3) is 11.8 Å². The highest BCUT2D eigenvalue weighted by atomic mass is 16.5. The van der Waals surface area contributed by atoms with Crippen molar-refractivity contribution in [2.24, 2.45) is 0 Å². The Morgan fingerprint density at radius 3 is 2.92 bits per heavy atom. The Hall–Kier alpha value is -3.36. The molecule has 2 aliphatic heterocycles. The van der Waals surface area contributed by atoms with Crippen LogP contribution in [0.4, 0.5) is 5.69 Å². The maximum Gasteiger partial charge on any atom is 0.356 e. The second-order valence-electron chi connectivity index (χ2n) is 6.24. The van der Waals surface area contributed by atoms with Crippen molar-refractivity contribution < 1.29 is 24.2 Å². The molecule has 2 aliphatic rings. The number of carbonyl (C=O) groups excluding carboxylic acids is 2. The molecular formula is C17H16N4O5. The first kappa shape index (κ1) is 16.1. The van der Waals surface area contributed by atoms with Gasteiger partial charge < -0.3 is 19.6 Å². The molecule has 0 bridgehead atoms. The van der Waals surface area contributed by atoms with Gasteiger partial charge in [-0.3, -0.25) is 14.7 Å². The number of carbonyl (C=O) groups is 3. The molecule has 2 N–H and O–H groups in total. The molecule has 0 fully saturated rings. The van der Waals surface area contributed by atoms with Crippen LogP contribution in [0.25, 0.3) is 0 Å². The molecule has 0 spiro atoms. The summed E-state index contributed by atoms with van der Waals surface area (Å²) in [5.74, 6) is -0.895. The minimum atomic E-state index is -1.08. The molecule has 2 aromatic rings. The molecule has 1 aromatic heterocycles. The first-order valence-electron chi connectivity index (χ1n) is 8.08. The fraction of sp³-hybridized carbons (Fsp3) is 0.294. The van der Waals surface area contributed by atoms with Crippen LogP contribution in [-0.4, -0.2) is 58.2 Å². The van der Waals surface area contributed by atoms with Gasteiger partial charge in [0.15, 0.2) is 12.3 Å². The Morgan fingerprint density at radius 1 is 1.35 bits per heavy atom. The fourth-order valence-corrected chi connectivity index (χ4v) is 3.26. The van der Waals surface area contributed by atoms with Crippen LogP contribution in [-0.2, 0) is 17.8 Å². The van der Waals surface area contributed by atoms with Gasteiger partial charge in [0.2, 0.25) is 0 Å². The molecule has 0 radical (unpaired) electrons. The third-order valence-corrected chi connectivity index (χ3v) is 4.72. The molecule has 1 aromatic carbocycles. The van der Waals surface area contributed by atoms with E-state index in [4.69, 9.17) is 9.84 Å². The molecule has 0 atom stereocenters. The van der Waals surface area contributed by atoms with E-state index >= 15 is 0 Å². The highest BCUT2D eigenvalue weighted by Gasteiger charge is 2.29. The lowest BCUT2D eigenvalue weighted by molar-refractivity contribution is -0.121. The van der Waals surface area contributed by atoms with Gasteiger partial charge in [0.1, 0.15) is 5.75 Å². The van der Waals surface area contributed by atoms with Crippen molar-refractivity contribution in [1.82, 2.24) is 15.1 Å². The van der Waals surface area contributed by atoms with Gasteiger partial charge in [0.05, 0.1) is 17.9 Å². The van der Waals surface area contributed by atoms with E-state index in [0.29, 0.717) is 41.2 Å². The van der Waals surface area contributed by atoms with Crippen molar-refractivity contribution in [1.29, 1.82) is 0 Å². The number of hydrogen-bond donors (Lipinski definition) is 2. The van der Waals surface area contributed by atoms with Crippen LogP contribution >= 0.6 is 0 Å². The summed E-state index contributed by atoms with van der Waals surface area (Å²) in [7, 11) is 1.64. The molecule has 0 saturated heterocycles. The van der Waals surface area contributed by atoms with Crippen LogP contribution in [0, 0.1) is 0 Å². The van der Waals surface area contributed by atoms with Crippen LogP contribution in [0.1, 0.15) is 32.1 Å². The van der Waals surface area contributed by atoms with E-state index in [2.05, 4.69) is 10.2 Å². The minimum absolute atomic E-state index is 0.0122. The van der Waals surface area contributed by atoms with Gasteiger partial charge in [-0.1, -0.05) is 0 Å². The topological polar surface area (TPSA) is 116 Å². The van der Waals surface area contributed by atoms with E-state index in [1.54, 1.807) is 30.1 Å². The quantitative estimate of drug-likeness (QED) is 0.817. The maximum absolute atomic E-state index is 12.9. The lowest BCUT2D eigenvalue weighted by Gasteiger charge is -2.29. The Morgan fingerprint density at radius 2 is 2.15 bits per heavy atom. The average Bonchev–Trinajstić information content (AvgIpc) is 3.07. The van der Waals surface area contributed by atoms with Crippen molar-refractivity contribution >= 4 is 23.5 Å². The summed E-state index contributed by atoms with van der Waals surface area (Å²) < 4.78 is 5.37. The number of aromatic amines is 1. The van der Waals surface area contributed by atoms with Crippen LogP contribution < -0.4 is 9.64 Å². The number of nitrogens with one attached hydrogen (secondary N) is 1. The second-order valence-corrected chi connectivity index (χ2v) is 6.24. The van der Waals surface area contributed by atoms with Crippen molar-refractivity contribution in [3.8, 4) is 5.75 Å². The predicted molar refractivity (Wildman–Crippen MR) is 89.3 cm³/mol. The van der Waals surface area contributed by atoms with Crippen molar-refractivity contribution in [3.05, 3.63) is 40.7 Å². The monoisotopic (exact) mass is 356 g/mol. The predicted octanol–water partition coefficient (Wildman–Crippen LogP) is 0.662. The normalized spacial score (nSPS) is 16.0. The molecule has 2 amide bonds. The summed E-state index contributed by atoms with van der Waals surface area (Å²) in [5.41, 5.74) is 2.29. The highest BCUT2D eigenvalue weighted by molar-refractivity contribution is 6.01. The van der Waals surface area contributed by atoms with E-state index in [0.717, 1.165) is 0 Å². The van der Waals surface area contributed by atoms with Crippen molar-refractivity contribution in [3.63, 3.8) is 0 Å². The zero-order valence-corrected chi connectivity index (χ0v) is 14.0. The largest absolute Gasteiger partial charge is 0.482 e. The summed E-state index contributed by atoms with van der Waals surface area (Å²) in [6.45, 7) is 0.641. The first-order valence-corrected chi connectivity index (χ1v) is 8.08. The lowest BCUT2D eigenvalue weighted by Crippen LogP contribution is -2.37. The van der Waals surface area contributed by atoms with Crippen LogP contribution in [0.5, 0.6) is 5.75 Å².